The molecule has 0 bridgehead atoms. The molecule has 5 heteroatoms. The predicted octanol–water partition coefficient (Wildman–Crippen LogP) is 4.08. The molecule has 0 aliphatic rings. The van der Waals surface area contributed by atoms with Crippen LogP contribution in [0.2, 0.25) is 0 Å². The molecule has 0 fully saturated rings. The van der Waals surface area contributed by atoms with Crippen molar-refractivity contribution in [3.63, 3.8) is 0 Å². The van der Waals surface area contributed by atoms with Crippen molar-refractivity contribution in [2.24, 2.45) is 0 Å². The molecule has 129 valence electrons. The van der Waals surface area contributed by atoms with E-state index in [-0.39, 0.29) is 28.5 Å². The van der Waals surface area contributed by atoms with Gasteiger partial charge in [0.05, 0.1) is 5.56 Å². The Bertz CT molecular complexity index is 762. The number of hydrogen-bond donors (Lipinski definition) is 0. The zero-order chi connectivity index (χ0) is 18.2. The highest BCUT2D eigenvalue weighted by Crippen LogP contribution is 2.23. The first kappa shape index (κ1) is 18.4. The third-order valence-corrected chi connectivity index (χ3v) is 3.78. The van der Waals surface area contributed by atoms with Gasteiger partial charge < -0.3 is 9.47 Å². The van der Waals surface area contributed by atoms with Gasteiger partial charge in [-0.1, -0.05) is 50.2 Å². The third kappa shape index (κ3) is 4.53. The summed E-state index contributed by atoms with van der Waals surface area (Å²) < 4.78 is 10.4. The summed E-state index contributed by atoms with van der Waals surface area (Å²) in [6, 6.07) is 12.7. The highest BCUT2D eigenvalue weighted by atomic mass is 16.7. The lowest BCUT2D eigenvalue weighted by Gasteiger charge is -2.15. The van der Waals surface area contributed by atoms with E-state index in [0.717, 1.165) is 0 Å². The van der Waals surface area contributed by atoms with Crippen molar-refractivity contribution in [1.82, 2.24) is 0 Å². The number of rotatable bonds is 7. The van der Waals surface area contributed by atoms with Gasteiger partial charge in [0.2, 0.25) is 6.29 Å². The van der Waals surface area contributed by atoms with Gasteiger partial charge in [0.1, 0.15) is 11.9 Å². The van der Waals surface area contributed by atoms with Gasteiger partial charge in [0.15, 0.2) is 5.78 Å². The second kappa shape index (κ2) is 8.78. The molecule has 2 aromatic carbocycles. The van der Waals surface area contributed by atoms with Crippen molar-refractivity contribution >= 4 is 18.2 Å². The quantitative estimate of drug-likeness (QED) is 0.432. The lowest BCUT2D eigenvalue weighted by Crippen LogP contribution is -2.20. The van der Waals surface area contributed by atoms with Crippen LogP contribution >= 0.6 is 0 Å². The van der Waals surface area contributed by atoms with Crippen LogP contribution in [0.1, 0.15) is 48.2 Å². The lowest BCUT2D eigenvalue weighted by atomic mass is 9.98. The molecule has 0 aliphatic heterocycles. The van der Waals surface area contributed by atoms with Gasteiger partial charge in [0, 0.05) is 11.1 Å². The van der Waals surface area contributed by atoms with Crippen molar-refractivity contribution in [3.05, 3.63) is 65.2 Å². The van der Waals surface area contributed by atoms with Crippen LogP contribution in [-0.2, 0) is 9.53 Å². The number of hydrogen-bond acceptors (Lipinski definition) is 5. The first-order valence-electron chi connectivity index (χ1n) is 8.10. The molecule has 25 heavy (non-hydrogen) atoms. The van der Waals surface area contributed by atoms with Gasteiger partial charge >= 0.3 is 6.16 Å². The predicted molar refractivity (Wildman–Crippen MR) is 92.6 cm³/mol. The van der Waals surface area contributed by atoms with E-state index in [9.17, 15) is 14.4 Å². The number of benzene rings is 2. The molecule has 2 aromatic rings. The Morgan fingerprint density at radius 1 is 0.960 bits per heavy atom. The van der Waals surface area contributed by atoms with Gasteiger partial charge in [-0.3, -0.25) is 9.59 Å². The van der Waals surface area contributed by atoms with E-state index < -0.39 is 11.9 Å². The Hall–Kier alpha value is -2.95. The maximum atomic E-state index is 12.8. The maximum absolute atomic E-state index is 12.8. The van der Waals surface area contributed by atoms with Crippen LogP contribution in [0.5, 0.6) is 5.75 Å². The van der Waals surface area contributed by atoms with Crippen molar-refractivity contribution < 1.29 is 23.9 Å². The first-order valence-corrected chi connectivity index (χ1v) is 8.10. The van der Waals surface area contributed by atoms with Crippen molar-refractivity contribution in [1.29, 1.82) is 0 Å². The molecule has 0 atom stereocenters. The van der Waals surface area contributed by atoms with E-state index in [1.54, 1.807) is 30.6 Å². The SMILES string of the molecule is CCC(CC)OC(=O)Oc1ccccc1C(=O)c1ccccc1[C]=O. The van der Waals surface area contributed by atoms with Crippen LogP contribution in [0.15, 0.2) is 48.5 Å². The zero-order valence-corrected chi connectivity index (χ0v) is 14.2. The molecule has 0 aliphatic carbocycles. The molecule has 0 N–H and O–H groups in total. The van der Waals surface area contributed by atoms with E-state index in [0.29, 0.717) is 12.8 Å². The summed E-state index contributed by atoms with van der Waals surface area (Å²) in [5.41, 5.74) is 0.524. The van der Waals surface area contributed by atoms with Crippen molar-refractivity contribution in [2.75, 3.05) is 0 Å². The number of ketones is 1. The van der Waals surface area contributed by atoms with E-state index in [1.807, 2.05) is 13.8 Å². The van der Waals surface area contributed by atoms with Gasteiger partial charge in [-0.15, -0.1) is 0 Å². The standard InChI is InChI=1S/C20H19O5/c1-3-15(4-2)24-20(23)25-18-12-8-7-11-17(18)19(22)16-10-6-5-9-14(16)13-21/h5-12,15H,3-4H2,1-2H3. The molecule has 0 unspecified atom stereocenters. The monoisotopic (exact) mass is 339 g/mol. The second-order valence-corrected chi connectivity index (χ2v) is 5.38. The molecule has 5 nitrogen and oxygen atoms in total. The molecular weight excluding hydrogens is 320 g/mol. The fraction of sp³-hybridized carbons (Fsp3) is 0.250. The Kier molecular flexibility index (Phi) is 6.46. The van der Waals surface area contributed by atoms with E-state index >= 15 is 0 Å². The largest absolute Gasteiger partial charge is 0.514 e. The summed E-state index contributed by atoms with van der Waals surface area (Å²) in [6.45, 7) is 3.82. The maximum Gasteiger partial charge on any atom is 0.514 e. The van der Waals surface area contributed by atoms with E-state index in [1.165, 1.54) is 24.3 Å². The number of carbonyl (C=O) groups excluding carboxylic acids is 3. The molecule has 1 radical (unpaired) electrons. The number of carbonyl (C=O) groups is 2. The second-order valence-electron chi connectivity index (χ2n) is 5.38. The molecule has 2 rings (SSSR count). The molecule has 0 saturated heterocycles. The molecule has 0 spiro atoms. The number of ether oxygens (including phenoxy) is 2. The van der Waals surface area contributed by atoms with Crippen LogP contribution in [-0.4, -0.2) is 24.3 Å². The van der Waals surface area contributed by atoms with Crippen LogP contribution in [0.4, 0.5) is 4.79 Å². The number of para-hydroxylation sites is 1. The van der Waals surface area contributed by atoms with Crippen LogP contribution in [0, 0.1) is 0 Å². The lowest BCUT2D eigenvalue weighted by molar-refractivity contribution is 0.0548. The van der Waals surface area contributed by atoms with E-state index in [2.05, 4.69) is 0 Å². The Balaban J connectivity index is 2.27. The minimum absolute atomic E-state index is 0.0872. The van der Waals surface area contributed by atoms with E-state index in [4.69, 9.17) is 9.47 Å². The average Bonchev–Trinajstić information content (AvgIpc) is 2.65. The topological polar surface area (TPSA) is 69.7 Å². The summed E-state index contributed by atoms with van der Waals surface area (Å²) in [5, 5.41) is 0. The average molecular weight is 339 g/mol. The van der Waals surface area contributed by atoms with Crippen molar-refractivity contribution in [2.45, 2.75) is 32.8 Å². The summed E-state index contributed by atoms with van der Waals surface area (Å²) >= 11 is 0. The summed E-state index contributed by atoms with van der Waals surface area (Å²) in [4.78, 5) is 35.7. The molecule has 0 saturated carbocycles. The molecular formula is C20H19O5. The van der Waals surface area contributed by atoms with Crippen LogP contribution < -0.4 is 4.74 Å². The zero-order valence-electron chi connectivity index (χ0n) is 14.2. The molecule has 0 aromatic heterocycles. The van der Waals surface area contributed by atoms with Crippen LogP contribution in [0.25, 0.3) is 0 Å². The summed E-state index contributed by atoms with van der Waals surface area (Å²) in [6.07, 6.45) is 2.00. The third-order valence-electron chi connectivity index (χ3n) is 3.78. The Morgan fingerprint density at radius 2 is 1.56 bits per heavy atom. The first-order chi connectivity index (χ1) is 12.1. The minimum atomic E-state index is -0.857. The fourth-order valence-electron chi connectivity index (χ4n) is 2.36. The van der Waals surface area contributed by atoms with Gasteiger partial charge in [-0.05, 0) is 25.0 Å². The molecule has 0 heterocycles. The summed E-state index contributed by atoms with van der Waals surface area (Å²) in [5.74, 6) is -0.339. The normalized spacial score (nSPS) is 10.4. The van der Waals surface area contributed by atoms with Gasteiger partial charge in [-0.25, -0.2) is 4.79 Å². The Morgan fingerprint density at radius 3 is 2.20 bits per heavy atom. The smallest absolute Gasteiger partial charge is 0.431 e. The van der Waals surface area contributed by atoms with Crippen LogP contribution in [0.3, 0.4) is 0 Å². The Labute approximate surface area is 146 Å². The van der Waals surface area contributed by atoms with Gasteiger partial charge in [0.25, 0.3) is 0 Å². The fourth-order valence-corrected chi connectivity index (χ4v) is 2.36. The van der Waals surface area contributed by atoms with Gasteiger partial charge in [-0.2, -0.15) is 0 Å². The molecule has 0 amide bonds. The van der Waals surface area contributed by atoms with Crippen molar-refractivity contribution in [3.8, 4) is 5.75 Å². The summed E-state index contributed by atoms with van der Waals surface area (Å²) in [7, 11) is 0. The highest BCUT2D eigenvalue weighted by molar-refractivity contribution is 6.14. The minimum Gasteiger partial charge on any atom is -0.431 e. The highest BCUT2D eigenvalue weighted by Gasteiger charge is 2.20.